The van der Waals surface area contributed by atoms with Crippen LogP contribution in [-0.2, 0) is 24.3 Å². The van der Waals surface area contributed by atoms with Crippen molar-refractivity contribution in [1.82, 2.24) is 4.31 Å². The molecule has 1 aromatic rings. The summed E-state index contributed by atoms with van der Waals surface area (Å²) in [7, 11) is -2.35. The highest BCUT2D eigenvalue weighted by Gasteiger charge is 2.32. The van der Waals surface area contributed by atoms with Gasteiger partial charge >= 0.3 is 5.97 Å². The fourth-order valence-corrected chi connectivity index (χ4v) is 3.12. The van der Waals surface area contributed by atoms with Crippen molar-refractivity contribution >= 4 is 22.1 Å². The minimum Gasteiger partial charge on any atom is -0.467 e. The lowest BCUT2D eigenvalue weighted by Gasteiger charge is -2.29. The van der Waals surface area contributed by atoms with Crippen LogP contribution in [0.3, 0.4) is 0 Å². The first-order valence-electron chi connectivity index (χ1n) is 6.45. The molecule has 1 unspecified atom stereocenters. The van der Waals surface area contributed by atoms with Gasteiger partial charge in [-0.25, -0.2) is 13.2 Å². The van der Waals surface area contributed by atoms with Gasteiger partial charge in [-0.3, -0.25) is 0 Å². The van der Waals surface area contributed by atoms with E-state index in [1.807, 2.05) is 30.3 Å². The third-order valence-electron chi connectivity index (χ3n) is 3.09. The molecule has 7 heteroatoms. The predicted octanol–water partition coefficient (Wildman–Crippen LogP) is 0.861. The molecule has 1 saturated heterocycles. The molecule has 0 bridgehead atoms. The van der Waals surface area contributed by atoms with Crippen LogP contribution in [0.5, 0.6) is 0 Å². The molecule has 0 aliphatic carbocycles. The zero-order valence-electron chi connectivity index (χ0n) is 11.6. The Morgan fingerprint density at radius 2 is 2.10 bits per heavy atom. The highest BCUT2D eigenvalue weighted by molar-refractivity contribution is 7.92. The number of hydrogen-bond acceptors (Lipinski definition) is 5. The Hall–Kier alpha value is -1.70. The number of carbonyl (C=O) groups excluding carboxylic acids is 1. The molecule has 0 amide bonds. The van der Waals surface area contributed by atoms with Crippen LogP contribution in [0.2, 0.25) is 0 Å². The summed E-state index contributed by atoms with van der Waals surface area (Å²) in [6.07, 6.45) is 0.654. The van der Waals surface area contributed by atoms with Gasteiger partial charge in [-0.05, 0) is 11.6 Å². The van der Waals surface area contributed by atoms with Crippen LogP contribution < -0.4 is 0 Å². The highest BCUT2D eigenvalue weighted by Crippen LogP contribution is 2.14. The molecule has 0 N–H and O–H groups in total. The first-order chi connectivity index (χ1) is 10.0. The average molecular weight is 311 g/mol. The SMILES string of the molecule is COC(=O)C1CN(S(=O)(=O)/C=C/c2ccccc2)CCO1. The molecule has 1 aliphatic rings. The molecule has 0 saturated carbocycles. The second kappa shape index (κ2) is 6.84. The summed E-state index contributed by atoms with van der Waals surface area (Å²) in [6, 6.07) is 9.13. The number of nitrogens with zero attached hydrogens (tertiary/aromatic N) is 1. The summed E-state index contributed by atoms with van der Waals surface area (Å²) >= 11 is 0. The monoisotopic (exact) mass is 311 g/mol. The van der Waals surface area contributed by atoms with Crippen LogP contribution in [0.25, 0.3) is 6.08 Å². The van der Waals surface area contributed by atoms with Crippen LogP contribution in [0.4, 0.5) is 0 Å². The molecule has 6 nitrogen and oxygen atoms in total. The van der Waals surface area contributed by atoms with E-state index in [2.05, 4.69) is 4.74 Å². The van der Waals surface area contributed by atoms with E-state index in [0.717, 1.165) is 11.0 Å². The normalized spacial score (nSPS) is 20.5. The number of ether oxygens (including phenoxy) is 2. The fraction of sp³-hybridized carbons (Fsp3) is 0.357. The molecule has 1 atom stereocenters. The maximum absolute atomic E-state index is 12.2. The predicted molar refractivity (Wildman–Crippen MR) is 77.7 cm³/mol. The summed E-state index contributed by atoms with van der Waals surface area (Å²) in [6.45, 7) is 0.348. The number of rotatable bonds is 4. The Balaban J connectivity index is 2.08. The van der Waals surface area contributed by atoms with Crippen molar-refractivity contribution < 1.29 is 22.7 Å². The van der Waals surface area contributed by atoms with Crippen molar-refractivity contribution in [3.8, 4) is 0 Å². The standard InChI is InChI=1S/C14H17NO5S/c1-19-14(16)13-11-15(8-9-20-13)21(17,18)10-7-12-5-3-2-4-6-12/h2-7,10,13H,8-9,11H2,1H3/b10-7+. The molecule has 1 aliphatic heterocycles. The maximum atomic E-state index is 12.2. The summed E-state index contributed by atoms with van der Waals surface area (Å²) < 4.78 is 35.5. The summed E-state index contributed by atoms with van der Waals surface area (Å²) in [5, 5.41) is 1.14. The fourth-order valence-electron chi connectivity index (χ4n) is 1.95. The first-order valence-corrected chi connectivity index (χ1v) is 7.96. The van der Waals surface area contributed by atoms with Gasteiger partial charge in [-0.1, -0.05) is 30.3 Å². The van der Waals surface area contributed by atoms with Gasteiger partial charge in [0.15, 0.2) is 6.10 Å². The highest BCUT2D eigenvalue weighted by atomic mass is 32.2. The summed E-state index contributed by atoms with van der Waals surface area (Å²) in [5.74, 6) is -0.568. The van der Waals surface area contributed by atoms with Gasteiger partial charge in [0.2, 0.25) is 10.0 Å². The van der Waals surface area contributed by atoms with Crippen molar-refractivity contribution in [2.75, 3.05) is 26.8 Å². The van der Waals surface area contributed by atoms with Crippen molar-refractivity contribution in [3.05, 3.63) is 41.3 Å². The van der Waals surface area contributed by atoms with Gasteiger partial charge in [-0.15, -0.1) is 0 Å². The minimum absolute atomic E-state index is 0.0336. The molecule has 2 rings (SSSR count). The number of methoxy groups -OCH3 is 1. The van der Waals surface area contributed by atoms with E-state index in [9.17, 15) is 13.2 Å². The number of morpholine rings is 1. The zero-order valence-corrected chi connectivity index (χ0v) is 12.5. The quantitative estimate of drug-likeness (QED) is 0.771. The second-order valence-corrected chi connectivity index (χ2v) is 6.32. The van der Waals surface area contributed by atoms with Gasteiger partial charge in [0.05, 0.1) is 20.3 Å². The van der Waals surface area contributed by atoms with Crippen LogP contribution in [0, 0.1) is 0 Å². The van der Waals surface area contributed by atoms with Crippen molar-refractivity contribution in [1.29, 1.82) is 0 Å². The maximum Gasteiger partial charge on any atom is 0.336 e. The lowest BCUT2D eigenvalue weighted by molar-refractivity contribution is -0.157. The molecular formula is C14H17NO5S. The topological polar surface area (TPSA) is 72.9 Å². The van der Waals surface area contributed by atoms with Crippen LogP contribution in [0.15, 0.2) is 35.7 Å². The minimum atomic E-state index is -3.59. The number of carbonyl (C=O) groups is 1. The number of benzene rings is 1. The summed E-state index contributed by atoms with van der Waals surface area (Å²) in [4.78, 5) is 11.4. The third-order valence-corrected chi connectivity index (χ3v) is 4.62. The molecular weight excluding hydrogens is 294 g/mol. The van der Waals surface area contributed by atoms with Gasteiger partial charge in [0.25, 0.3) is 0 Å². The number of sulfonamides is 1. The van der Waals surface area contributed by atoms with Gasteiger partial charge in [0, 0.05) is 12.0 Å². The van der Waals surface area contributed by atoms with Crippen molar-refractivity contribution in [2.24, 2.45) is 0 Å². The van der Waals surface area contributed by atoms with Crippen LogP contribution >= 0.6 is 0 Å². The van der Waals surface area contributed by atoms with E-state index in [0.29, 0.717) is 0 Å². The summed E-state index contributed by atoms with van der Waals surface area (Å²) in [5.41, 5.74) is 0.791. The lowest BCUT2D eigenvalue weighted by Crippen LogP contribution is -2.48. The Kier molecular flexibility index (Phi) is 5.11. The smallest absolute Gasteiger partial charge is 0.336 e. The molecule has 21 heavy (non-hydrogen) atoms. The first kappa shape index (κ1) is 15.7. The largest absolute Gasteiger partial charge is 0.467 e. The van der Waals surface area contributed by atoms with E-state index in [-0.39, 0.29) is 19.7 Å². The Labute approximate surface area is 124 Å². The molecule has 1 fully saturated rings. The Bertz CT molecular complexity index is 612. The third kappa shape index (κ3) is 4.13. The van der Waals surface area contributed by atoms with Gasteiger partial charge in [0.1, 0.15) is 0 Å². The van der Waals surface area contributed by atoms with E-state index in [4.69, 9.17) is 4.74 Å². The second-order valence-electron chi connectivity index (χ2n) is 4.50. The molecule has 0 aromatic heterocycles. The Morgan fingerprint density at radius 1 is 1.38 bits per heavy atom. The van der Waals surface area contributed by atoms with Gasteiger partial charge in [-0.2, -0.15) is 4.31 Å². The van der Waals surface area contributed by atoms with Crippen molar-refractivity contribution in [2.45, 2.75) is 6.10 Å². The Morgan fingerprint density at radius 3 is 2.76 bits per heavy atom. The zero-order chi connectivity index (χ0) is 15.3. The number of esters is 1. The molecule has 0 radical (unpaired) electrons. The van der Waals surface area contributed by atoms with E-state index in [1.54, 1.807) is 0 Å². The van der Waals surface area contributed by atoms with Crippen LogP contribution in [-0.4, -0.2) is 51.6 Å². The lowest BCUT2D eigenvalue weighted by atomic mass is 10.2. The van der Waals surface area contributed by atoms with E-state index >= 15 is 0 Å². The van der Waals surface area contributed by atoms with Crippen molar-refractivity contribution in [3.63, 3.8) is 0 Å². The van der Waals surface area contributed by atoms with E-state index in [1.165, 1.54) is 17.5 Å². The molecule has 1 aromatic carbocycles. The van der Waals surface area contributed by atoms with E-state index < -0.39 is 22.1 Å². The molecule has 114 valence electrons. The van der Waals surface area contributed by atoms with Crippen LogP contribution in [0.1, 0.15) is 5.56 Å². The molecule has 0 spiro atoms. The molecule has 1 heterocycles. The number of hydrogen-bond donors (Lipinski definition) is 0. The van der Waals surface area contributed by atoms with Gasteiger partial charge < -0.3 is 9.47 Å². The average Bonchev–Trinajstić information content (AvgIpc) is 2.53.